The van der Waals surface area contributed by atoms with Gasteiger partial charge in [0, 0.05) is 90.0 Å². The molecule has 3 saturated heterocycles. The van der Waals surface area contributed by atoms with Crippen LogP contribution in [0.3, 0.4) is 0 Å². The van der Waals surface area contributed by atoms with Crippen LogP contribution in [0, 0.1) is 18.7 Å². The Balaban J connectivity index is 1.15. The molecule has 1 saturated carbocycles. The lowest BCUT2D eigenvalue weighted by molar-refractivity contribution is -0.137. The van der Waals surface area contributed by atoms with Crippen molar-refractivity contribution in [3.05, 3.63) is 59.6 Å². The smallest absolute Gasteiger partial charge is 0.368 e. The Kier molecular flexibility index (Phi) is 8.66. The number of carbonyl (C=O) groups is 3. The van der Waals surface area contributed by atoms with Crippen LogP contribution >= 0.6 is 0 Å². The number of piperazine rings is 1. The second kappa shape index (κ2) is 12.7. The summed E-state index contributed by atoms with van der Waals surface area (Å²) in [4.78, 5) is 55.3. The highest BCUT2D eigenvalue weighted by Gasteiger charge is 2.50. The fraction of sp³-hybridized carbons (Fsp3) is 0.543. The largest absolute Gasteiger partial charge is 0.416 e. The molecular weight excluding hydrogens is 642 g/mol. The average Bonchev–Trinajstić information content (AvgIpc) is 3.83. The number of halogens is 4. The number of likely N-dealkylation sites (tertiary alicyclic amines) is 1. The molecule has 0 radical (unpaired) electrons. The minimum absolute atomic E-state index is 0.0293. The summed E-state index contributed by atoms with van der Waals surface area (Å²) in [6.45, 7) is 11.4. The number of amides is 3. The van der Waals surface area contributed by atoms with Crippen LogP contribution in [0.25, 0.3) is 0 Å². The van der Waals surface area contributed by atoms with E-state index in [0.29, 0.717) is 44.5 Å². The number of alkyl halides is 3. The highest BCUT2D eigenvalue weighted by molar-refractivity contribution is 6.10. The summed E-state index contributed by atoms with van der Waals surface area (Å²) in [5.74, 6) is -2.03. The zero-order valence-electron chi connectivity index (χ0n) is 27.8. The molecule has 5 aliphatic rings. The Labute approximate surface area is 282 Å². The summed E-state index contributed by atoms with van der Waals surface area (Å²) >= 11 is 0. The van der Waals surface area contributed by atoms with E-state index in [9.17, 15) is 27.6 Å². The second-order valence-corrected chi connectivity index (χ2v) is 14.0. The number of likely N-dealkylation sites (N-methyl/N-ethyl adjacent to an activating group) is 1. The number of aryl methyl sites for hydroxylation is 1. The highest BCUT2D eigenvalue weighted by atomic mass is 19.4. The molecule has 0 N–H and O–H groups in total. The maximum Gasteiger partial charge on any atom is 0.416 e. The molecule has 262 valence electrons. The SMILES string of the molecule is C=CC(=O)N1CC(N2CCN(CCN3C[C@H]4CC(=O)N(c5cc(C(F)(F)F)cc(C)n5)[C@@H]4C(=O)N(C)c4cc(F)cc(C5CC5)c43)CC2)C1. The normalized spacial score (nSPS) is 24.0. The van der Waals surface area contributed by atoms with Gasteiger partial charge < -0.3 is 14.7 Å². The molecular formula is C35H41F4N7O3. The number of benzene rings is 1. The molecule has 1 aliphatic carbocycles. The van der Waals surface area contributed by atoms with Gasteiger partial charge in [-0.3, -0.25) is 29.1 Å². The molecule has 2 atom stereocenters. The van der Waals surface area contributed by atoms with Crippen molar-refractivity contribution in [2.24, 2.45) is 5.92 Å². The van der Waals surface area contributed by atoms with E-state index in [1.54, 1.807) is 18.0 Å². The molecule has 14 heteroatoms. The molecule has 10 nitrogen and oxygen atoms in total. The molecule has 2 aromatic rings. The van der Waals surface area contributed by atoms with Gasteiger partial charge >= 0.3 is 6.18 Å². The van der Waals surface area contributed by atoms with Crippen LogP contribution < -0.4 is 14.7 Å². The first-order valence-corrected chi connectivity index (χ1v) is 16.9. The van der Waals surface area contributed by atoms with E-state index in [1.807, 2.05) is 0 Å². The molecule has 7 rings (SSSR count). The van der Waals surface area contributed by atoms with E-state index in [0.717, 1.165) is 67.3 Å². The van der Waals surface area contributed by atoms with Gasteiger partial charge in [-0.2, -0.15) is 13.2 Å². The lowest BCUT2D eigenvalue weighted by Gasteiger charge is -2.48. The van der Waals surface area contributed by atoms with Gasteiger partial charge in [0.2, 0.25) is 17.7 Å². The first-order chi connectivity index (χ1) is 23.3. The Morgan fingerprint density at radius 2 is 1.73 bits per heavy atom. The molecule has 1 aromatic carbocycles. The van der Waals surface area contributed by atoms with Crippen molar-refractivity contribution in [2.45, 2.75) is 50.4 Å². The van der Waals surface area contributed by atoms with Gasteiger partial charge in [0.05, 0.1) is 16.9 Å². The number of nitrogens with zero attached hydrogens (tertiary/aromatic N) is 7. The number of hydrogen-bond acceptors (Lipinski definition) is 7. The number of carbonyl (C=O) groups excluding carboxylic acids is 3. The minimum atomic E-state index is -4.66. The molecule has 0 spiro atoms. The minimum Gasteiger partial charge on any atom is -0.368 e. The van der Waals surface area contributed by atoms with Crippen LogP contribution in [-0.4, -0.2) is 115 Å². The molecule has 49 heavy (non-hydrogen) atoms. The first-order valence-electron chi connectivity index (χ1n) is 16.9. The molecule has 5 heterocycles. The second-order valence-electron chi connectivity index (χ2n) is 14.0. The van der Waals surface area contributed by atoms with Crippen molar-refractivity contribution in [1.29, 1.82) is 0 Å². The van der Waals surface area contributed by atoms with E-state index < -0.39 is 41.3 Å². The number of hydrogen-bond donors (Lipinski definition) is 0. The van der Waals surface area contributed by atoms with Gasteiger partial charge in [0.25, 0.3) is 0 Å². The highest BCUT2D eigenvalue weighted by Crippen LogP contribution is 2.50. The van der Waals surface area contributed by atoms with Crippen molar-refractivity contribution in [2.75, 3.05) is 80.7 Å². The maximum absolute atomic E-state index is 15.2. The molecule has 4 aliphatic heterocycles. The van der Waals surface area contributed by atoms with Crippen molar-refractivity contribution in [3.63, 3.8) is 0 Å². The summed E-state index contributed by atoms with van der Waals surface area (Å²) in [6.07, 6.45) is -1.51. The third kappa shape index (κ3) is 6.40. The van der Waals surface area contributed by atoms with Crippen LogP contribution in [0.15, 0.2) is 36.9 Å². The topological polar surface area (TPSA) is 83.5 Å². The van der Waals surface area contributed by atoms with E-state index in [2.05, 4.69) is 26.3 Å². The third-order valence-corrected chi connectivity index (χ3v) is 10.7. The summed E-state index contributed by atoms with van der Waals surface area (Å²) < 4.78 is 56.6. The number of fused-ring (bicyclic) bond motifs is 2. The summed E-state index contributed by atoms with van der Waals surface area (Å²) in [5, 5.41) is 0. The molecule has 0 bridgehead atoms. The van der Waals surface area contributed by atoms with E-state index in [1.165, 1.54) is 24.0 Å². The zero-order valence-corrected chi connectivity index (χ0v) is 27.8. The van der Waals surface area contributed by atoms with Gasteiger partial charge in [-0.15, -0.1) is 0 Å². The summed E-state index contributed by atoms with van der Waals surface area (Å²) in [7, 11) is 1.55. The van der Waals surface area contributed by atoms with Gasteiger partial charge in [-0.1, -0.05) is 6.58 Å². The Morgan fingerprint density at radius 1 is 1.02 bits per heavy atom. The van der Waals surface area contributed by atoms with Gasteiger partial charge in [-0.05, 0) is 61.6 Å². The lowest BCUT2D eigenvalue weighted by Crippen LogP contribution is -2.64. The standard InChI is InChI=1S/C35H41F4N7O3/c1-4-30(47)45-19-26(20-45)43-10-7-42(8-11-43)9-12-44-18-23-14-31(48)46(29-15-24(35(37,38)39)13-21(2)40-29)32(23)34(49)41(3)28-17-25(36)16-27(33(28)44)22-5-6-22/h4,13,15-17,22-23,26,32H,1,5-12,14,18-20H2,2-3H3/t23-,32+/m1/s1. The van der Waals surface area contributed by atoms with Crippen LogP contribution in [0.4, 0.5) is 34.8 Å². The van der Waals surface area contributed by atoms with Crippen LogP contribution in [0.5, 0.6) is 0 Å². The lowest BCUT2D eigenvalue weighted by atomic mass is 9.94. The summed E-state index contributed by atoms with van der Waals surface area (Å²) in [5.41, 5.74) is 1.16. The molecule has 1 aromatic heterocycles. The first kappa shape index (κ1) is 33.5. The van der Waals surface area contributed by atoms with Crippen molar-refractivity contribution >= 4 is 34.9 Å². The molecule has 0 unspecified atom stereocenters. The van der Waals surface area contributed by atoms with E-state index >= 15 is 4.39 Å². The zero-order chi connectivity index (χ0) is 34.8. The number of pyridine rings is 1. The third-order valence-electron chi connectivity index (χ3n) is 10.7. The Morgan fingerprint density at radius 3 is 2.39 bits per heavy atom. The number of anilines is 3. The van der Waals surface area contributed by atoms with Gasteiger partial charge in [0.1, 0.15) is 17.7 Å². The van der Waals surface area contributed by atoms with Crippen molar-refractivity contribution < 1.29 is 31.9 Å². The fourth-order valence-electron chi connectivity index (χ4n) is 7.90. The number of rotatable bonds is 7. The van der Waals surface area contributed by atoms with Gasteiger partial charge in [-0.25, -0.2) is 9.37 Å². The number of aromatic nitrogens is 1. The predicted octanol–water partition coefficient (Wildman–Crippen LogP) is 3.64. The molecule has 3 amide bonds. The quantitative estimate of drug-likeness (QED) is 0.326. The van der Waals surface area contributed by atoms with E-state index in [-0.39, 0.29) is 29.8 Å². The Bertz CT molecular complexity index is 1670. The monoisotopic (exact) mass is 683 g/mol. The van der Waals surface area contributed by atoms with E-state index in [4.69, 9.17) is 0 Å². The predicted molar refractivity (Wildman–Crippen MR) is 176 cm³/mol. The van der Waals surface area contributed by atoms with Crippen molar-refractivity contribution in [1.82, 2.24) is 19.7 Å². The molecule has 4 fully saturated rings. The van der Waals surface area contributed by atoms with Crippen molar-refractivity contribution in [3.8, 4) is 0 Å². The maximum atomic E-state index is 15.2. The Hall–Kier alpha value is -4.04. The van der Waals surface area contributed by atoms with Crippen LogP contribution in [0.1, 0.15) is 42.0 Å². The fourth-order valence-corrected chi connectivity index (χ4v) is 7.90. The summed E-state index contributed by atoms with van der Waals surface area (Å²) in [6, 6.07) is 3.88. The average molecular weight is 684 g/mol. The van der Waals surface area contributed by atoms with Crippen LogP contribution in [0.2, 0.25) is 0 Å². The van der Waals surface area contributed by atoms with Gasteiger partial charge in [0.15, 0.2) is 0 Å². The van der Waals surface area contributed by atoms with Crippen LogP contribution in [-0.2, 0) is 20.6 Å².